The fourth-order valence-electron chi connectivity index (χ4n) is 3.25. The van der Waals surface area contributed by atoms with Crippen LogP contribution in [0.4, 0.5) is 0 Å². The molecule has 0 aromatic rings. The second kappa shape index (κ2) is 4.60. The van der Waals surface area contributed by atoms with Crippen molar-refractivity contribution in [2.24, 2.45) is 17.3 Å². The Labute approximate surface area is 105 Å². The zero-order chi connectivity index (χ0) is 12.6. The van der Waals surface area contributed by atoms with Gasteiger partial charge in [0.15, 0.2) is 0 Å². The van der Waals surface area contributed by atoms with Crippen LogP contribution < -0.4 is 0 Å². The number of likely N-dealkylation sites (tertiary alicyclic amines) is 1. The predicted molar refractivity (Wildman–Crippen MR) is 67.7 cm³/mol. The van der Waals surface area contributed by atoms with Crippen LogP contribution >= 0.6 is 0 Å². The predicted octanol–water partition coefficient (Wildman–Crippen LogP) is 2.31. The molecule has 0 N–H and O–H groups in total. The van der Waals surface area contributed by atoms with E-state index in [4.69, 9.17) is 4.74 Å². The second-order valence-electron chi connectivity index (χ2n) is 6.59. The molecule has 1 aliphatic heterocycles. The molecule has 2 aliphatic rings. The number of rotatable bonds is 2. The van der Waals surface area contributed by atoms with Crippen molar-refractivity contribution < 1.29 is 9.53 Å². The van der Waals surface area contributed by atoms with Crippen molar-refractivity contribution in [3.8, 4) is 0 Å². The molecule has 98 valence electrons. The number of carbonyl (C=O) groups excluding carboxylic acids is 1. The van der Waals surface area contributed by atoms with Gasteiger partial charge in [-0.2, -0.15) is 0 Å². The van der Waals surface area contributed by atoms with Gasteiger partial charge in [-0.15, -0.1) is 0 Å². The maximum Gasteiger partial charge on any atom is 0.225 e. The van der Waals surface area contributed by atoms with Gasteiger partial charge >= 0.3 is 0 Å². The van der Waals surface area contributed by atoms with Crippen LogP contribution in [0.1, 0.15) is 40.0 Å². The molecule has 2 atom stereocenters. The summed E-state index contributed by atoms with van der Waals surface area (Å²) < 4.78 is 5.46. The topological polar surface area (TPSA) is 29.5 Å². The van der Waals surface area contributed by atoms with Crippen molar-refractivity contribution in [3.05, 3.63) is 0 Å². The van der Waals surface area contributed by atoms with Gasteiger partial charge in [-0.1, -0.05) is 20.8 Å². The van der Waals surface area contributed by atoms with Crippen LogP contribution in [0.25, 0.3) is 0 Å². The third kappa shape index (κ3) is 2.65. The molecule has 2 unspecified atom stereocenters. The summed E-state index contributed by atoms with van der Waals surface area (Å²) in [5, 5.41) is 0. The van der Waals surface area contributed by atoms with Gasteiger partial charge < -0.3 is 9.64 Å². The maximum absolute atomic E-state index is 12.3. The largest absolute Gasteiger partial charge is 0.379 e. The quantitative estimate of drug-likeness (QED) is 0.740. The van der Waals surface area contributed by atoms with E-state index in [9.17, 15) is 4.79 Å². The molecule has 0 aromatic heterocycles. The molecule has 17 heavy (non-hydrogen) atoms. The van der Waals surface area contributed by atoms with E-state index in [2.05, 4.69) is 20.8 Å². The van der Waals surface area contributed by atoms with Crippen molar-refractivity contribution in [3.63, 3.8) is 0 Å². The first-order valence-electron chi connectivity index (χ1n) is 6.74. The van der Waals surface area contributed by atoms with E-state index in [0.29, 0.717) is 17.2 Å². The van der Waals surface area contributed by atoms with Gasteiger partial charge in [0.05, 0.1) is 6.10 Å². The molecule has 1 saturated carbocycles. The standard InChI is InChI=1S/C14H25NO2/c1-10-5-6-15(9-12(10)17-4)13(16)11-7-14(2,3)8-11/h10-12H,5-9H2,1-4H3. The highest BCUT2D eigenvalue weighted by molar-refractivity contribution is 5.80. The number of ether oxygens (including phenoxy) is 1. The van der Waals surface area contributed by atoms with Gasteiger partial charge in [0, 0.05) is 26.1 Å². The summed E-state index contributed by atoms with van der Waals surface area (Å²) in [6.07, 6.45) is 3.40. The lowest BCUT2D eigenvalue weighted by Crippen LogP contribution is -2.51. The summed E-state index contributed by atoms with van der Waals surface area (Å²) in [7, 11) is 1.75. The van der Waals surface area contributed by atoms with Crippen LogP contribution in [0, 0.1) is 17.3 Å². The fourth-order valence-corrected chi connectivity index (χ4v) is 3.25. The Balaban J connectivity index is 1.88. The fraction of sp³-hybridized carbons (Fsp3) is 0.929. The van der Waals surface area contributed by atoms with Gasteiger partial charge in [-0.3, -0.25) is 4.79 Å². The van der Waals surface area contributed by atoms with E-state index in [0.717, 1.165) is 32.4 Å². The van der Waals surface area contributed by atoms with E-state index in [1.807, 2.05) is 4.90 Å². The molecule has 0 spiro atoms. The Morgan fingerprint density at radius 3 is 2.53 bits per heavy atom. The van der Waals surface area contributed by atoms with Gasteiger partial charge in [0.1, 0.15) is 0 Å². The molecule has 1 heterocycles. The second-order valence-corrected chi connectivity index (χ2v) is 6.59. The first-order valence-corrected chi connectivity index (χ1v) is 6.74. The molecule has 2 fully saturated rings. The van der Waals surface area contributed by atoms with Gasteiger partial charge in [0.2, 0.25) is 5.91 Å². The van der Waals surface area contributed by atoms with Crippen molar-refractivity contribution in [1.29, 1.82) is 0 Å². The molecule has 0 aromatic carbocycles. The van der Waals surface area contributed by atoms with Crippen LogP contribution in [-0.4, -0.2) is 37.1 Å². The van der Waals surface area contributed by atoms with Crippen LogP contribution in [-0.2, 0) is 9.53 Å². The molecular weight excluding hydrogens is 214 g/mol. The lowest BCUT2D eigenvalue weighted by molar-refractivity contribution is -0.147. The average molecular weight is 239 g/mol. The van der Waals surface area contributed by atoms with Crippen LogP contribution in [0.3, 0.4) is 0 Å². The minimum absolute atomic E-state index is 0.223. The molecule has 1 amide bonds. The minimum atomic E-state index is 0.223. The molecule has 2 rings (SSSR count). The van der Waals surface area contributed by atoms with E-state index in [1.165, 1.54) is 0 Å². The zero-order valence-electron chi connectivity index (χ0n) is 11.5. The third-order valence-electron chi connectivity index (χ3n) is 4.45. The minimum Gasteiger partial charge on any atom is -0.379 e. The number of nitrogens with zero attached hydrogens (tertiary/aromatic N) is 1. The van der Waals surface area contributed by atoms with E-state index < -0.39 is 0 Å². The maximum atomic E-state index is 12.3. The van der Waals surface area contributed by atoms with Gasteiger partial charge in [-0.25, -0.2) is 0 Å². The number of methoxy groups -OCH3 is 1. The van der Waals surface area contributed by atoms with E-state index in [-0.39, 0.29) is 12.0 Å². The summed E-state index contributed by atoms with van der Waals surface area (Å²) in [6, 6.07) is 0. The van der Waals surface area contributed by atoms with Crippen molar-refractivity contribution in [2.45, 2.75) is 46.1 Å². The number of carbonyl (C=O) groups is 1. The highest BCUT2D eigenvalue weighted by atomic mass is 16.5. The normalized spacial score (nSPS) is 33.3. The first-order chi connectivity index (χ1) is 7.93. The Bertz CT molecular complexity index is 293. The molecule has 0 radical (unpaired) electrons. The number of hydrogen-bond acceptors (Lipinski definition) is 2. The number of amides is 1. The van der Waals surface area contributed by atoms with Gasteiger partial charge in [0.25, 0.3) is 0 Å². The summed E-state index contributed by atoms with van der Waals surface area (Å²) in [6.45, 7) is 8.40. The molecule has 3 nitrogen and oxygen atoms in total. The van der Waals surface area contributed by atoms with E-state index in [1.54, 1.807) is 7.11 Å². The van der Waals surface area contributed by atoms with E-state index >= 15 is 0 Å². The van der Waals surface area contributed by atoms with Gasteiger partial charge in [-0.05, 0) is 30.6 Å². The van der Waals surface area contributed by atoms with Crippen LogP contribution in [0.2, 0.25) is 0 Å². The lowest BCUT2D eigenvalue weighted by atomic mass is 9.64. The summed E-state index contributed by atoms with van der Waals surface area (Å²) in [4.78, 5) is 14.3. The Hall–Kier alpha value is -0.570. The Morgan fingerprint density at radius 1 is 1.35 bits per heavy atom. The zero-order valence-corrected chi connectivity index (χ0v) is 11.5. The molecule has 1 saturated heterocycles. The van der Waals surface area contributed by atoms with Crippen LogP contribution in [0.5, 0.6) is 0 Å². The molecule has 0 bridgehead atoms. The van der Waals surface area contributed by atoms with Crippen LogP contribution in [0.15, 0.2) is 0 Å². The smallest absolute Gasteiger partial charge is 0.225 e. The first kappa shape index (κ1) is 12.9. The highest BCUT2D eigenvalue weighted by Gasteiger charge is 2.43. The third-order valence-corrected chi connectivity index (χ3v) is 4.45. The van der Waals surface area contributed by atoms with Crippen molar-refractivity contribution >= 4 is 5.91 Å². The lowest BCUT2D eigenvalue weighted by Gasteiger charge is -2.45. The summed E-state index contributed by atoms with van der Waals surface area (Å²) in [5.74, 6) is 1.20. The molecular formula is C14H25NO2. The van der Waals surface area contributed by atoms with Crippen molar-refractivity contribution in [1.82, 2.24) is 4.90 Å². The molecule has 3 heteroatoms. The number of hydrogen-bond donors (Lipinski definition) is 0. The summed E-state index contributed by atoms with van der Waals surface area (Å²) in [5.41, 5.74) is 0.379. The highest BCUT2D eigenvalue weighted by Crippen LogP contribution is 2.45. The van der Waals surface area contributed by atoms with Crippen molar-refractivity contribution in [2.75, 3.05) is 20.2 Å². The Morgan fingerprint density at radius 2 is 2.00 bits per heavy atom. The number of piperidine rings is 1. The average Bonchev–Trinajstić information content (AvgIpc) is 2.25. The SMILES string of the molecule is COC1CN(C(=O)C2CC(C)(C)C2)CCC1C. The summed E-state index contributed by atoms with van der Waals surface area (Å²) >= 11 is 0. The molecule has 1 aliphatic carbocycles. The monoisotopic (exact) mass is 239 g/mol. The Kier molecular flexibility index (Phi) is 3.48.